The van der Waals surface area contributed by atoms with Crippen LogP contribution in [0.4, 0.5) is 5.82 Å². The number of nitrogens with zero attached hydrogens (tertiary/aromatic N) is 3. The van der Waals surface area contributed by atoms with Crippen molar-refractivity contribution in [2.45, 2.75) is 6.92 Å². The van der Waals surface area contributed by atoms with Crippen LogP contribution in [-0.4, -0.2) is 40.0 Å². The topological polar surface area (TPSA) is 105 Å². The van der Waals surface area contributed by atoms with Gasteiger partial charge in [-0.3, -0.25) is 4.79 Å². The van der Waals surface area contributed by atoms with Crippen LogP contribution in [0.2, 0.25) is 0 Å². The number of esters is 1. The molecule has 1 amide bonds. The molecule has 3 heterocycles. The molecule has 0 bridgehead atoms. The summed E-state index contributed by atoms with van der Waals surface area (Å²) in [5.41, 5.74) is 3.23. The SMILES string of the molecule is CCOC(=O)c1cnn(-c2ccccc2)c1NC(=O)c1cc(-c2ccc3c(c2)OCO3)nc2ccccc12. The maximum atomic E-state index is 13.8. The van der Waals surface area contributed by atoms with Crippen molar-refractivity contribution < 1.29 is 23.8 Å². The van der Waals surface area contributed by atoms with Gasteiger partial charge in [0.2, 0.25) is 6.79 Å². The highest BCUT2D eigenvalue weighted by atomic mass is 16.7. The van der Waals surface area contributed by atoms with Crippen LogP contribution in [0.15, 0.2) is 85.1 Å². The summed E-state index contributed by atoms with van der Waals surface area (Å²) in [5.74, 6) is 0.493. The van der Waals surface area contributed by atoms with Gasteiger partial charge in [0.1, 0.15) is 5.56 Å². The van der Waals surface area contributed by atoms with Gasteiger partial charge in [-0.1, -0.05) is 36.4 Å². The van der Waals surface area contributed by atoms with E-state index in [1.807, 2.05) is 72.8 Å². The van der Waals surface area contributed by atoms with Crippen LogP contribution >= 0.6 is 0 Å². The van der Waals surface area contributed by atoms with Gasteiger partial charge in [0, 0.05) is 10.9 Å². The van der Waals surface area contributed by atoms with Crippen LogP contribution in [0.5, 0.6) is 11.5 Å². The predicted octanol–water partition coefficient (Wildman–Crippen LogP) is 5.25. The van der Waals surface area contributed by atoms with E-state index in [9.17, 15) is 9.59 Å². The van der Waals surface area contributed by atoms with E-state index >= 15 is 0 Å². The molecule has 3 aromatic carbocycles. The molecule has 2 aromatic heterocycles. The van der Waals surface area contributed by atoms with E-state index in [1.165, 1.54) is 10.9 Å². The standard InChI is InChI=1S/C29H22N4O5/c1-2-36-29(35)22-16-30-33(19-8-4-3-5-9-19)27(22)32-28(34)21-15-24(31-23-11-7-6-10-20(21)23)18-12-13-25-26(14-18)38-17-37-25/h3-16H,2,17H2,1H3,(H,32,34). The Morgan fingerprint density at radius 1 is 0.947 bits per heavy atom. The second-order valence-corrected chi connectivity index (χ2v) is 8.47. The molecule has 1 N–H and O–H groups in total. The average Bonchev–Trinajstić information content (AvgIpc) is 3.60. The fourth-order valence-electron chi connectivity index (χ4n) is 4.33. The number of pyridine rings is 1. The molecule has 0 fully saturated rings. The molecule has 0 saturated heterocycles. The molecule has 0 saturated carbocycles. The molecule has 1 aliphatic heterocycles. The molecule has 9 heteroatoms. The van der Waals surface area contributed by atoms with Crippen molar-refractivity contribution in [3.8, 4) is 28.4 Å². The van der Waals surface area contributed by atoms with Crippen LogP contribution in [0.3, 0.4) is 0 Å². The molecule has 5 aromatic rings. The van der Waals surface area contributed by atoms with Crippen LogP contribution in [0, 0.1) is 0 Å². The third-order valence-electron chi connectivity index (χ3n) is 6.13. The molecule has 9 nitrogen and oxygen atoms in total. The number of hydrogen-bond donors (Lipinski definition) is 1. The predicted molar refractivity (Wildman–Crippen MR) is 141 cm³/mol. The summed E-state index contributed by atoms with van der Waals surface area (Å²) in [5, 5.41) is 7.94. The van der Waals surface area contributed by atoms with Crippen molar-refractivity contribution in [1.29, 1.82) is 0 Å². The second kappa shape index (κ2) is 9.70. The van der Waals surface area contributed by atoms with E-state index in [2.05, 4.69) is 10.4 Å². The smallest absolute Gasteiger partial charge is 0.343 e. The summed E-state index contributed by atoms with van der Waals surface area (Å²) >= 11 is 0. The lowest BCUT2D eigenvalue weighted by atomic mass is 10.0. The zero-order valence-electron chi connectivity index (χ0n) is 20.4. The van der Waals surface area contributed by atoms with Crippen molar-refractivity contribution in [2.75, 3.05) is 18.7 Å². The molecule has 0 atom stereocenters. The number of carbonyl (C=O) groups is 2. The van der Waals surface area contributed by atoms with Crippen LogP contribution in [0.25, 0.3) is 27.8 Å². The molecule has 0 unspecified atom stereocenters. The minimum atomic E-state index is -0.578. The minimum absolute atomic E-state index is 0.151. The van der Waals surface area contributed by atoms with E-state index in [0.29, 0.717) is 39.3 Å². The summed E-state index contributed by atoms with van der Waals surface area (Å²) in [6, 6.07) is 23.9. The van der Waals surface area contributed by atoms with E-state index in [-0.39, 0.29) is 24.8 Å². The summed E-state index contributed by atoms with van der Waals surface area (Å²) in [7, 11) is 0. The lowest BCUT2D eigenvalue weighted by molar-refractivity contribution is 0.0527. The van der Waals surface area contributed by atoms with Gasteiger partial charge in [-0.15, -0.1) is 0 Å². The van der Waals surface area contributed by atoms with Crippen molar-refractivity contribution in [3.05, 3.63) is 96.2 Å². The summed E-state index contributed by atoms with van der Waals surface area (Å²) in [6.45, 7) is 2.07. The molecule has 0 radical (unpaired) electrons. The molecule has 6 rings (SSSR count). The van der Waals surface area contributed by atoms with Gasteiger partial charge < -0.3 is 19.5 Å². The lowest BCUT2D eigenvalue weighted by Gasteiger charge is -2.13. The molecule has 1 aliphatic rings. The Labute approximate surface area is 217 Å². The van der Waals surface area contributed by atoms with Gasteiger partial charge in [-0.05, 0) is 49.4 Å². The number of para-hydroxylation sites is 2. The number of carbonyl (C=O) groups excluding carboxylic acids is 2. The second-order valence-electron chi connectivity index (χ2n) is 8.47. The first-order valence-corrected chi connectivity index (χ1v) is 12.0. The number of aromatic nitrogens is 3. The Hall–Kier alpha value is -5.18. The molecule has 0 aliphatic carbocycles. The van der Waals surface area contributed by atoms with E-state index in [0.717, 1.165) is 5.56 Å². The van der Waals surface area contributed by atoms with Gasteiger partial charge >= 0.3 is 5.97 Å². The Morgan fingerprint density at radius 3 is 2.58 bits per heavy atom. The zero-order valence-corrected chi connectivity index (χ0v) is 20.4. The van der Waals surface area contributed by atoms with Crippen LogP contribution in [0.1, 0.15) is 27.6 Å². The number of anilines is 1. The number of amides is 1. The number of rotatable bonds is 6. The van der Waals surface area contributed by atoms with Crippen LogP contribution < -0.4 is 14.8 Å². The largest absolute Gasteiger partial charge is 0.462 e. The molecule has 188 valence electrons. The summed E-state index contributed by atoms with van der Waals surface area (Å²) < 4.78 is 17.7. The number of benzene rings is 3. The van der Waals surface area contributed by atoms with E-state index in [1.54, 1.807) is 13.0 Å². The number of hydrogen-bond acceptors (Lipinski definition) is 7. The number of fused-ring (bicyclic) bond motifs is 2. The monoisotopic (exact) mass is 506 g/mol. The van der Waals surface area contributed by atoms with Crippen molar-refractivity contribution in [2.24, 2.45) is 0 Å². The molecular weight excluding hydrogens is 484 g/mol. The maximum Gasteiger partial charge on any atom is 0.343 e. The quantitative estimate of drug-likeness (QED) is 0.314. The zero-order chi connectivity index (χ0) is 26.1. The van der Waals surface area contributed by atoms with E-state index < -0.39 is 11.9 Å². The molecule has 0 spiro atoms. The highest BCUT2D eigenvalue weighted by molar-refractivity contribution is 6.14. The Morgan fingerprint density at radius 2 is 1.74 bits per heavy atom. The van der Waals surface area contributed by atoms with Crippen LogP contribution in [-0.2, 0) is 4.74 Å². The summed E-state index contributed by atoms with van der Waals surface area (Å²) in [4.78, 5) is 31.3. The Bertz CT molecular complexity index is 1680. The maximum absolute atomic E-state index is 13.8. The highest BCUT2D eigenvalue weighted by Crippen LogP contribution is 2.36. The van der Waals surface area contributed by atoms with Crippen molar-refractivity contribution >= 4 is 28.6 Å². The van der Waals surface area contributed by atoms with Gasteiger partial charge in [-0.25, -0.2) is 14.5 Å². The van der Waals surface area contributed by atoms with Gasteiger partial charge in [0.05, 0.1) is 35.3 Å². The first kappa shape index (κ1) is 23.2. The summed E-state index contributed by atoms with van der Waals surface area (Å²) in [6.07, 6.45) is 1.39. The van der Waals surface area contributed by atoms with E-state index in [4.69, 9.17) is 19.2 Å². The fraction of sp³-hybridized carbons (Fsp3) is 0.103. The van der Waals surface area contributed by atoms with Crippen molar-refractivity contribution in [1.82, 2.24) is 14.8 Å². The Kier molecular flexibility index (Phi) is 5.93. The number of nitrogens with one attached hydrogen (secondary N) is 1. The average molecular weight is 507 g/mol. The van der Waals surface area contributed by atoms with Gasteiger partial charge in [-0.2, -0.15) is 5.10 Å². The fourth-order valence-corrected chi connectivity index (χ4v) is 4.33. The van der Waals surface area contributed by atoms with Gasteiger partial charge in [0.25, 0.3) is 5.91 Å². The highest BCUT2D eigenvalue weighted by Gasteiger charge is 2.24. The molecule has 38 heavy (non-hydrogen) atoms. The number of ether oxygens (including phenoxy) is 3. The lowest BCUT2D eigenvalue weighted by Crippen LogP contribution is -2.18. The van der Waals surface area contributed by atoms with Gasteiger partial charge in [0.15, 0.2) is 17.3 Å². The minimum Gasteiger partial charge on any atom is -0.462 e. The third-order valence-corrected chi connectivity index (χ3v) is 6.13. The van der Waals surface area contributed by atoms with Crippen molar-refractivity contribution in [3.63, 3.8) is 0 Å². The normalized spacial score (nSPS) is 11.9. The first-order chi connectivity index (χ1) is 18.6. The Balaban J connectivity index is 1.44. The molecular formula is C29H22N4O5. The first-order valence-electron chi connectivity index (χ1n) is 12.0. The third kappa shape index (κ3) is 4.20.